The molecule has 1 aromatic carbocycles. The lowest BCUT2D eigenvalue weighted by Crippen LogP contribution is -2.41. The topological polar surface area (TPSA) is 149 Å². The van der Waals surface area contributed by atoms with E-state index in [9.17, 15) is 22.8 Å². The number of hydrogen-bond acceptors (Lipinski definition) is 5. The van der Waals surface area contributed by atoms with Crippen LogP contribution in [0.4, 0.5) is 0 Å². The fraction of sp³-hybridized carbons (Fsp3) is 0.357. The van der Waals surface area contributed by atoms with Crippen molar-refractivity contribution in [2.75, 3.05) is 0 Å². The minimum atomic E-state index is -4.11. The Morgan fingerprint density at radius 1 is 1.17 bits per heavy atom. The second-order valence-corrected chi connectivity index (χ2v) is 7.47. The van der Waals surface area contributed by atoms with Gasteiger partial charge in [0.1, 0.15) is 6.04 Å². The van der Waals surface area contributed by atoms with Crippen molar-refractivity contribution in [1.82, 2.24) is 14.7 Å². The summed E-state index contributed by atoms with van der Waals surface area (Å²) in [5, 5.41) is 9.16. The number of carbonyl (C=O) groups is 1. The Bertz CT molecular complexity index is 989. The lowest BCUT2D eigenvalue weighted by Gasteiger charge is -2.16. The maximum absolute atomic E-state index is 12.4. The maximum atomic E-state index is 12.4. The number of hydrogen-bond donors (Lipinski definition) is 4. The monoisotopic (exact) mass is 355 g/mol. The fourth-order valence-electron chi connectivity index (χ4n) is 2.19. The molecule has 0 amide bonds. The van der Waals surface area contributed by atoms with E-state index >= 15 is 0 Å². The molecule has 0 aliphatic rings. The van der Waals surface area contributed by atoms with Gasteiger partial charge >= 0.3 is 17.1 Å². The summed E-state index contributed by atoms with van der Waals surface area (Å²) < 4.78 is 26.9. The second-order valence-electron chi connectivity index (χ2n) is 5.76. The molecule has 9 nitrogen and oxygen atoms in total. The third kappa shape index (κ3) is 3.89. The highest BCUT2D eigenvalue weighted by Crippen LogP contribution is 2.16. The van der Waals surface area contributed by atoms with Gasteiger partial charge in [0.05, 0.1) is 15.9 Å². The van der Waals surface area contributed by atoms with Gasteiger partial charge in [-0.15, -0.1) is 0 Å². The third-order valence-corrected chi connectivity index (χ3v) is 4.78. The SMILES string of the molecule is CC(C)C[C@H](NS(=O)(=O)c1ccc2[nH]c(=O)c(=O)[nH]c2c1)C(=O)O. The molecule has 0 saturated heterocycles. The molecule has 1 heterocycles. The van der Waals surface area contributed by atoms with Gasteiger partial charge in [0, 0.05) is 0 Å². The zero-order valence-corrected chi connectivity index (χ0v) is 13.8. The van der Waals surface area contributed by atoms with Crippen molar-refractivity contribution in [2.24, 2.45) is 5.92 Å². The van der Waals surface area contributed by atoms with Crippen LogP contribution in [0.2, 0.25) is 0 Å². The molecule has 0 aliphatic heterocycles. The van der Waals surface area contributed by atoms with Crippen LogP contribution in [-0.2, 0) is 14.8 Å². The van der Waals surface area contributed by atoms with Gasteiger partial charge in [-0.3, -0.25) is 14.4 Å². The maximum Gasteiger partial charge on any atom is 0.321 e. The van der Waals surface area contributed by atoms with Crippen LogP contribution in [0.5, 0.6) is 0 Å². The smallest absolute Gasteiger partial charge is 0.321 e. The average Bonchev–Trinajstić information content (AvgIpc) is 2.46. The first kappa shape index (κ1) is 17.9. The van der Waals surface area contributed by atoms with Crippen molar-refractivity contribution in [1.29, 1.82) is 0 Å². The summed E-state index contributed by atoms with van der Waals surface area (Å²) >= 11 is 0. The summed E-state index contributed by atoms with van der Waals surface area (Å²) in [4.78, 5) is 38.2. The highest BCUT2D eigenvalue weighted by Gasteiger charge is 2.26. The van der Waals surface area contributed by atoms with E-state index in [2.05, 4.69) is 14.7 Å². The van der Waals surface area contributed by atoms with Gasteiger partial charge in [0.25, 0.3) is 0 Å². The largest absolute Gasteiger partial charge is 0.480 e. The molecule has 10 heteroatoms. The summed E-state index contributed by atoms with van der Waals surface area (Å²) in [6.07, 6.45) is 0.131. The Kier molecular flexibility index (Phi) is 4.90. The predicted molar refractivity (Wildman–Crippen MR) is 86.4 cm³/mol. The molecule has 0 spiro atoms. The van der Waals surface area contributed by atoms with Crippen molar-refractivity contribution >= 4 is 27.0 Å². The lowest BCUT2D eigenvalue weighted by atomic mass is 10.1. The van der Waals surface area contributed by atoms with Crippen molar-refractivity contribution < 1.29 is 18.3 Å². The molecule has 0 saturated carbocycles. The molecule has 1 atom stereocenters. The van der Waals surface area contributed by atoms with E-state index in [1.54, 1.807) is 13.8 Å². The average molecular weight is 355 g/mol. The molecule has 4 N–H and O–H groups in total. The molecule has 2 aromatic rings. The minimum Gasteiger partial charge on any atom is -0.480 e. The number of nitrogens with one attached hydrogen (secondary N) is 3. The van der Waals surface area contributed by atoms with E-state index in [0.717, 1.165) is 6.07 Å². The molecule has 0 aliphatic carbocycles. The van der Waals surface area contributed by atoms with Crippen molar-refractivity contribution in [3.8, 4) is 0 Å². The number of rotatable bonds is 6. The number of aromatic amines is 2. The first-order valence-electron chi connectivity index (χ1n) is 7.11. The molecule has 0 unspecified atom stereocenters. The predicted octanol–water partition coefficient (Wildman–Crippen LogP) is -0.00600. The molecular weight excluding hydrogens is 338 g/mol. The van der Waals surface area contributed by atoms with Gasteiger partial charge in [-0.25, -0.2) is 8.42 Å². The molecule has 0 radical (unpaired) electrons. The van der Waals surface area contributed by atoms with Crippen LogP contribution >= 0.6 is 0 Å². The Morgan fingerprint density at radius 2 is 1.75 bits per heavy atom. The van der Waals surface area contributed by atoms with Gasteiger partial charge in [-0.2, -0.15) is 4.72 Å². The molecule has 24 heavy (non-hydrogen) atoms. The normalized spacial score (nSPS) is 13.3. The van der Waals surface area contributed by atoms with E-state index in [-0.39, 0.29) is 28.3 Å². The van der Waals surface area contributed by atoms with Crippen molar-refractivity contribution in [3.05, 3.63) is 38.9 Å². The summed E-state index contributed by atoms with van der Waals surface area (Å²) in [6.45, 7) is 3.56. The van der Waals surface area contributed by atoms with E-state index in [1.807, 2.05) is 0 Å². The van der Waals surface area contributed by atoms with Crippen LogP contribution in [0.3, 0.4) is 0 Å². The Labute approximate surface area is 136 Å². The first-order valence-corrected chi connectivity index (χ1v) is 8.60. The van der Waals surface area contributed by atoms with Gasteiger partial charge in [0.2, 0.25) is 10.0 Å². The number of carboxylic acids is 1. The minimum absolute atomic E-state index is 0.0215. The Hall–Kier alpha value is -2.46. The quantitative estimate of drug-likeness (QED) is 0.536. The Morgan fingerprint density at radius 3 is 2.29 bits per heavy atom. The van der Waals surface area contributed by atoms with E-state index in [4.69, 9.17) is 5.11 Å². The van der Waals surface area contributed by atoms with Crippen LogP contribution in [0.25, 0.3) is 11.0 Å². The molecule has 0 bridgehead atoms. The van der Waals surface area contributed by atoms with Crippen LogP contribution < -0.4 is 15.8 Å². The fourth-order valence-corrected chi connectivity index (χ4v) is 3.42. The highest BCUT2D eigenvalue weighted by molar-refractivity contribution is 7.89. The summed E-state index contributed by atoms with van der Waals surface area (Å²) in [5.41, 5.74) is -1.37. The van der Waals surface area contributed by atoms with Crippen molar-refractivity contribution in [2.45, 2.75) is 31.2 Å². The van der Waals surface area contributed by atoms with E-state index in [0.29, 0.717) is 0 Å². The number of benzene rings is 1. The zero-order chi connectivity index (χ0) is 18.1. The number of carboxylic acid groups (broad SMARTS) is 1. The van der Waals surface area contributed by atoms with Gasteiger partial charge in [-0.1, -0.05) is 13.8 Å². The molecule has 1 aromatic heterocycles. The number of aliphatic carboxylic acids is 1. The standard InChI is InChI=1S/C14H17N3O6S/c1-7(2)5-11(14(20)21)17-24(22,23)8-3-4-9-10(6-8)16-13(19)12(18)15-9/h3-4,6-7,11,17H,5H2,1-2H3,(H,15,18)(H,16,19)(H,20,21)/t11-/m0/s1. The van der Waals surface area contributed by atoms with Crippen molar-refractivity contribution in [3.63, 3.8) is 0 Å². The first-order chi connectivity index (χ1) is 11.1. The summed E-state index contributed by atoms with van der Waals surface area (Å²) in [6, 6.07) is 2.43. The number of H-pyrrole nitrogens is 2. The number of aromatic nitrogens is 2. The zero-order valence-electron chi connectivity index (χ0n) is 13.0. The van der Waals surface area contributed by atoms with Crippen LogP contribution in [0, 0.1) is 5.92 Å². The Balaban J connectivity index is 2.43. The molecule has 0 fully saturated rings. The number of sulfonamides is 1. The second kappa shape index (κ2) is 6.57. The molecular formula is C14H17N3O6S. The number of fused-ring (bicyclic) bond motifs is 1. The summed E-state index contributed by atoms with van der Waals surface area (Å²) in [5.74, 6) is -1.29. The molecule has 130 valence electrons. The van der Waals surface area contributed by atoms with Gasteiger partial charge in [0.15, 0.2) is 0 Å². The van der Waals surface area contributed by atoms with Gasteiger partial charge < -0.3 is 15.1 Å². The van der Waals surface area contributed by atoms with E-state index in [1.165, 1.54) is 12.1 Å². The highest BCUT2D eigenvalue weighted by atomic mass is 32.2. The van der Waals surface area contributed by atoms with Crippen LogP contribution in [0.15, 0.2) is 32.7 Å². The van der Waals surface area contributed by atoms with Gasteiger partial charge in [-0.05, 0) is 30.5 Å². The third-order valence-electron chi connectivity index (χ3n) is 3.31. The molecule has 2 rings (SSSR count). The lowest BCUT2D eigenvalue weighted by molar-refractivity contribution is -0.139. The van der Waals surface area contributed by atoms with Crippen LogP contribution in [0.1, 0.15) is 20.3 Å². The summed E-state index contributed by atoms with van der Waals surface area (Å²) in [7, 11) is -4.11. The van der Waals surface area contributed by atoms with Crippen LogP contribution in [-0.4, -0.2) is 35.5 Å². The van der Waals surface area contributed by atoms with E-state index < -0.39 is 33.2 Å².